The van der Waals surface area contributed by atoms with Crippen molar-refractivity contribution in [1.82, 2.24) is 0 Å². The molecule has 8 heteroatoms. The molecule has 0 unspecified atom stereocenters. The van der Waals surface area contributed by atoms with Gasteiger partial charge in [0.15, 0.2) is 0 Å². The Hall–Kier alpha value is -2.87. The number of carboxylic acids is 1. The van der Waals surface area contributed by atoms with Gasteiger partial charge in [0.05, 0.1) is 17.7 Å². The van der Waals surface area contributed by atoms with Gasteiger partial charge in [-0.2, -0.15) is 0 Å². The molecule has 0 bridgehead atoms. The van der Waals surface area contributed by atoms with Gasteiger partial charge in [-0.05, 0) is 42.8 Å². The predicted octanol–water partition coefficient (Wildman–Crippen LogP) is 3.14. The molecule has 0 saturated carbocycles. The Balaban J connectivity index is 2.16. The van der Waals surface area contributed by atoms with Crippen LogP contribution in [0.15, 0.2) is 53.4 Å². The first kappa shape index (κ1) is 19.5. The number of esters is 1. The van der Waals surface area contributed by atoms with E-state index in [-0.39, 0.29) is 16.1 Å². The van der Waals surface area contributed by atoms with Crippen LogP contribution >= 0.6 is 0 Å². The van der Waals surface area contributed by atoms with E-state index in [1.807, 2.05) is 6.92 Å². The van der Waals surface area contributed by atoms with Crippen LogP contribution in [-0.2, 0) is 14.8 Å². The molecular weight excluding hydrogens is 358 g/mol. The molecule has 0 radical (unpaired) electrons. The molecule has 2 rings (SSSR count). The van der Waals surface area contributed by atoms with Crippen LogP contribution in [0.3, 0.4) is 0 Å². The predicted molar refractivity (Wildman–Crippen MR) is 95.8 cm³/mol. The molecule has 0 amide bonds. The molecule has 0 aliphatic rings. The summed E-state index contributed by atoms with van der Waals surface area (Å²) in [6.45, 7) is 2.31. The summed E-state index contributed by atoms with van der Waals surface area (Å²) in [5.41, 5.74) is 0.182. The normalized spacial score (nSPS) is 11.0. The zero-order chi connectivity index (χ0) is 19.2. The second-order valence-corrected chi connectivity index (χ2v) is 7.12. The minimum absolute atomic E-state index is 0.204. The number of ether oxygens (including phenoxy) is 1. The Bertz CT molecular complexity index is 890. The summed E-state index contributed by atoms with van der Waals surface area (Å²) in [6.07, 6.45) is 1.68. The van der Waals surface area contributed by atoms with Gasteiger partial charge in [-0.1, -0.05) is 25.5 Å². The van der Waals surface area contributed by atoms with E-state index in [0.717, 1.165) is 12.8 Å². The number of carbonyl (C=O) groups excluding carboxylic acids is 1. The molecule has 0 aliphatic carbocycles. The highest BCUT2D eigenvalue weighted by atomic mass is 32.2. The van der Waals surface area contributed by atoms with Crippen LogP contribution < -0.4 is 4.72 Å². The van der Waals surface area contributed by atoms with Crippen molar-refractivity contribution in [2.24, 2.45) is 0 Å². The van der Waals surface area contributed by atoms with Gasteiger partial charge in [-0.3, -0.25) is 4.72 Å². The molecule has 2 aromatic rings. The number of carboxylic acid groups (broad SMARTS) is 1. The Kier molecular flexibility index (Phi) is 6.35. The number of benzene rings is 2. The second kappa shape index (κ2) is 8.48. The Morgan fingerprint density at radius 2 is 1.73 bits per heavy atom. The second-order valence-electron chi connectivity index (χ2n) is 5.47. The molecule has 0 fully saturated rings. The van der Waals surface area contributed by atoms with Gasteiger partial charge in [-0.15, -0.1) is 0 Å². The standard InChI is InChI=1S/C18H19NO6S/c1-2-3-12-25-18(22)13-8-10-14(11-9-13)19-26(23,24)16-7-5-4-6-15(16)17(20)21/h4-11,19H,2-3,12H2,1H3,(H,20,21). The van der Waals surface area contributed by atoms with Crippen molar-refractivity contribution >= 4 is 27.6 Å². The fourth-order valence-corrected chi connectivity index (χ4v) is 3.41. The third-order valence-corrected chi connectivity index (χ3v) is 4.95. The number of hydrogen-bond acceptors (Lipinski definition) is 5. The molecule has 0 heterocycles. The van der Waals surface area contributed by atoms with Crippen molar-refractivity contribution in [3.05, 3.63) is 59.7 Å². The smallest absolute Gasteiger partial charge is 0.338 e. The largest absolute Gasteiger partial charge is 0.478 e. The summed E-state index contributed by atoms with van der Waals surface area (Å²) in [4.78, 5) is 22.7. The summed E-state index contributed by atoms with van der Waals surface area (Å²) in [5.74, 6) is -1.82. The van der Waals surface area contributed by atoms with E-state index in [2.05, 4.69) is 4.72 Å². The van der Waals surface area contributed by atoms with Crippen LogP contribution in [-0.4, -0.2) is 32.1 Å². The van der Waals surface area contributed by atoms with Gasteiger partial charge >= 0.3 is 11.9 Å². The molecule has 0 atom stereocenters. The van der Waals surface area contributed by atoms with Crippen LogP contribution in [0.2, 0.25) is 0 Å². The lowest BCUT2D eigenvalue weighted by molar-refractivity contribution is 0.0499. The topological polar surface area (TPSA) is 110 Å². The van der Waals surface area contributed by atoms with Gasteiger partial charge in [0.1, 0.15) is 4.90 Å². The number of hydrogen-bond donors (Lipinski definition) is 2. The van der Waals surface area contributed by atoms with Crippen molar-refractivity contribution < 1.29 is 27.9 Å². The van der Waals surface area contributed by atoms with E-state index in [4.69, 9.17) is 9.84 Å². The number of anilines is 1. The van der Waals surface area contributed by atoms with Crippen molar-refractivity contribution in [3.8, 4) is 0 Å². The number of nitrogens with one attached hydrogen (secondary N) is 1. The molecule has 0 spiro atoms. The van der Waals surface area contributed by atoms with E-state index < -0.39 is 22.0 Å². The van der Waals surface area contributed by atoms with Gasteiger partial charge < -0.3 is 9.84 Å². The number of aromatic carboxylic acids is 1. The minimum Gasteiger partial charge on any atom is -0.478 e. The summed E-state index contributed by atoms with van der Waals surface area (Å²) >= 11 is 0. The molecule has 0 saturated heterocycles. The number of rotatable bonds is 8. The fraction of sp³-hybridized carbons (Fsp3) is 0.222. The lowest BCUT2D eigenvalue weighted by atomic mass is 10.2. The van der Waals surface area contributed by atoms with Crippen LogP contribution in [0.5, 0.6) is 0 Å². The number of sulfonamides is 1. The first-order chi connectivity index (χ1) is 12.3. The highest BCUT2D eigenvalue weighted by Crippen LogP contribution is 2.20. The number of carbonyl (C=O) groups is 2. The third-order valence-electron chi connectivity index (χ3n) is 3.51. The summed E-state index contributed by atoms with van der Waals surface area (Å²) in [5, 5.41) is 9.14. The van der Waals surface area contributed by atoms with Crippen LogP contribution in [0.1, 0.15) is 40.5 Å². The van der Waals surface area contributed by atoms with E-state index >= 15 is 0 Å². The Morgan fingerprint density at radius 3 is 2.35 bits per heavy atom. The van der Waals surface area contributed by atoms with E-state index in [1.165, 1.54) is 48.5 Å². The fourth-order valence-electron chi connectivity index (χ4n) is 2.15. The zero-order valence-electron chi connectivity index (χ0n) is 14.1. The first-order valence-electron chi connectivity index (χ1n) is 7.97. The third kappa shape index (κ3) is 4.82. The molecule has 138 valence electrons. The summed E-state index contributed by atoms with van der Waals surface area (Å²) < 4.78 is 32.3. The van der Waals surface area contributed by atoms with Crippen molar-refractivity contribution in [2.45, 2.75) is 24.7 Å². The Morgan fingerprint density at radius 1 is 1.08 bits per heavy atom. The molecule has 0 aromatic heterocycles. The quantitative estimate of drug-likeness (QED) is 0.540. The highest BCUT2D eigenvalue weighted by Gasteiger charge is 2.22. The van der Waals surface area contributed by atoms with Crippen molar-refractivity contribution in [1.29, 1.82) is 0 Å². The van der Waals surface area contributed by atoms with Gasteiger partial charge in [-0.25, -0.2) is 18.0 Å². The SMILES string of the molecule is CCCCOC(=O)c1ccc(NS(=O)(=O)c2ccccc2C(=O)O)cc1. The van der Waals surface area contributed by atoms with E-state index in [1.54, 1.807) is 0 Å². The van der Waals surface area contributed by atoms with Gasteiger partial charge in [0.25, 0.3) is 10.0 Å². The Labute approximate surface area is 151 Å². The molecule has 7 nitrogen and oxygen atoms in total. The van der Waals surface area contributed by atoms with Crippen LogP contribution in [0, 0.1) is 0 Å². The maximum atomic E-state index is 12.5. The van der Waals surface area contributed by atoms with Gasteiger partial charge in [0, 0.05) is 5.69 Å². The van der Waals surface area contributed by atoms with Crippen molar-refractivity contribution in [3.63, 3.8) is 0 Å². The van der Waals surface area contributed by atoms with Crippen LogP contribution in [0.25, 0.3) is 0 Å². The van der Waals surface area contributed by atoms with Gasteiger partial charge in [0.2, 0.25) is 0 Å². The van der Waals surface area contributed by atoms with Crippen molar-refractivity contribution in [2.75, 3.05) is 11.3 Å². The monoisotopic (exact) mass is 377 g/mol. The maximum Gasteiger partial charge on any atom is 0.338 e. The highest BCUT2D eigenvalue weighted by molar-refractivity contribution is 7.92. The molecule has 2 aromatic carbocycles. The molecule has 26 heavy (non-hydrogen) atoms. The van der Waals surface area contributed by atoms with Crippen LogP contribution in [0.4, 0.5) is 5.69 Å². The molecular formula is C18H19NO6S. The lowest BCUT2D eigenvalue weighted by Gasteiger charge is -2.11. The number of unbranched alkanes of at least 4 members (excludes halogenated alkanes) is 1. The average Bonchev–Trinajstić information content (AvgIpc) is 2.62. The molecule has 2 N–H and O–H groups in total. The summed E-state index contributed by atoms with van der Waals surface area (Å²) in [7, 11) is -4.09. The first-order valence-corrected chi connectivity index (χ1v) is 9.46. The van der Waals surface area contributed by atoms with E-state index in [9.17, 15) is 18.0 Å². The maximum absolute atomic E-state index is 12.5. The lowest BCUT2D eigenvalue weighted by Crippen LogP contribution is -2.17. The van der Waals surface area contributed by atoms with E-state index in [0.29, 0.717) is 12.2 Å². The minimum atomic E-state index is -4.09. The zero-order valence-corrected chi connectivity index (χ0v) is 15.0. The average molecular weight is 377 g/mol. The molecule has 0 aliphatic heterocycles. The summed E-state index contributed by atoms with van der Waals surface area (Å²) in [6, 6.07) is 11.0.